The first kappa shape index (κ1) is 9.84. The molecule has 0 amide bonds. The summed E-state index contributed by atoms with van der Waals surface area (Å²) < 4.78 is 1.84. The number of anilines is 1. The molecule has 0 spiro atoms. The fraction of sp³-hybridized carbons (Fsp3) is 0.500. The summed E-state index contributed by atoms with van der Waals surface area (Å²) in [7, 11) is 1.86. The zero-order valence-corrected chi connectivity index (χ0v) is 8.59. The van der Waals surface area contributed by atoms with E-state index in [1.807, 2.05) is 38.5 Å². The van der Waals surface area contributed by atoms with Crippen molar-refractivity contribution in [3.8, 4) is 0 Å². The van der Waals surface area contributed by atoms with Crippen LogP contribution >= 0.6 is 0 Å². The SMILES string of the molecule is Cc1cc(N)c(C(=O)C(C)C)n1C. The van der Waals surface area contributed by atoms with Crippen LogP contribution < -0.4 is 5.73 Å². The van der Waals surface area contributed by atoms with Gasteiger partial charge in [0.05, 0.1) is 5.69 Å². The molecule has 0 atom stereocenters. The van der Waals surface area contributed by atoms with Crippen LogP contribution in [0.4, 0.5) is 5.69 Å². The molecule has 1 aromatic heterocycles. The molecule has 0 saturated heterocycles. The van der Waals surface area contributed by atoms with E-state index in [0.717, 1.165) is 5.69 Å². The van der Waals surface area contributed by atoms with Crippen LogP contribution in [0.1, 0.15) is 30.0 Å². The van der Waals surface area contributed by atoms with Gasteiger partial charge in [-0.1, -0.05) is 13.8 Å². The average molecular weight is 180 g/mol. The van der Waals surface area contributed by atoms with Gasteiger partial charge in [0.25, 0.3) is 0 Å². The Morgan fingerprint density at radius 3 is 2.38 bits per heavy atom. The Hall–Kier alpha value is -1.25. The molecular weight excluding hydrogens is 164 g/mol. The molecule has 1 rings (SSSR count). The number of rotatable bonds is 2. The Morgan fingerprint density at radius 1 is 1.54 bits per heavy atom. The first-order chi connectivity index (χ1) is 5.95. The third-order valence-corrected chi connectivity index (χ3v) is 2.26. The molecule has 2 N–H and O–H groups in total. The Bertz CT molecular complexity index is 337. The Kier molecular flexibility index (Phi) is 2.45. The molecule has 0 aromatic carbocycles. The lowest BCUT2D eigenvalue weighted by Crippen LogP contribution is -2.14. The smallest absolute Gasteiger partial charge is 0.183 e. The number of carbonyl (C=O) groups is 1. The molecule has 3 nitrogen and oxygen atoms in total. The normalized spacial score (nSPS) is 10.8. The van der Waals surface area contributed by atoms with Crippen molar-refractivity contribution in [3.63, 3.8) is 0 Å². The number of Topliss-reactive ketones (excluding diaryl/α,β-unsaturated/α-hetero) is 1. The summed E-state index contributed by atoms with van der Waals surface area (Å²) in [5.74, 6) is 0.100. The number of aromatic nitrogens is 1. The van der Waals surface area contributed by atoms with Crippen LogP contribution in [-0.4, -0.2) is 10.4 Å². The monoisotopic (exact) mass is 180 g/mol. The van der Waals surface area contributed by atoms with Crippen molar-refractivity contribution in [2.45, 2.75) is 20.8 Å². The fourth-order valence-corrected chi connectivity index (χ4v) is 1.34. The first-order valence-electron chi connectivity index (χ1n) is 4.41. The van der Waals surface area contributed by atoms with Crippen molar-refractivity contribution in [2.75, 3.05) is 5.73 Å². The van der Waals surface area contributed by atoms with Crippen molar-refractivity contribution >= 4 is 11.5 Å². The predicted octanol–water partition coefficient (Wildman–Crippen LogP) is 1.75. The number of carbonyl (C=O) groups excluding carboxylic acids is 1. The molecule has 0 saturated carbocycles. The van der Waals surface area contributed by atoms with Gasteiger partial charge >= 0.3 is 0 Å². The number of hydrogen-bond acceptors (Lipinski definition) is 2. The lowest BCUT2D eigenvalue weighted by atomic mass is 10.1. The number of ketones is 1. The topological polar surface area (TPSA) is 48.0 Å². The van der Waals surface area contributed by atoms with Gasteiger partial charge in [0.1, 0.15) is 5.69 Å². The number of nitrogen functional groups attached to an aromatic ring is 1. The van der Waals surface area contributed by atoms with E-state index in [1.165, 1.54) is 0 Å². The van der Waals surface area contributed by atoms with Gasteiger partial charge in [-0.25, -0.2) is 0 Å². The van der Waals surface area contributed by atoms with Crippen LogP contribution in [-0.2, 0) is 7.05 Å². The fourth-order valence-electron chi connectivity index (χ4n) is 1.34. The largest absolute Gasteiger partial charge is 0.397 e. The highest BCUT2D eigenvalue weighted by atomic mass is 16.1. The highest BCUT2D eigenvalue weighted by Crippen LogP contribution is 2.19. The van der Waals surface area contributed by atoms with E-state index in [1.54, 1.807) is 0 Å². The number of hydrogen-bond donors (Lipinski definition) is 1. The second-order valence-corrected chi connectivity index (χ2v) is 3.67. The van der Waals surface area contributed by atoms with Crippen molar-refractivity contribution in [2.24, 2.45) is 13.0 Å². The minimum absolute atomic E-state index is 0.00435. The molecule has 1 heterocycles. The highest BCUT2D eigenvalue weighted by molar-refractivity contribution is 6.00. The average Bonchev–Trinajstić information content (AvgIpc) is 2.26. The molecule has 0 fully saturated rings. The van der Waals surface area contributed by atoms with E-state index >= 15 is 0 Å². The minimum Gasteiger partial charge on any atom is -0.397 e. The summed E-state index contributed by atoms with van der Waals surface area (Å²) in [6.45, 7) is 5.70. The van der Waals surface area contributed by atoms with Crippen molar-refractivity contribution in [1.29, 1.82) is 0 Å². The van der Waals surface area contributed by atoms with Crippen LogP contribution in [0.5, 0.6) is 0 Å². The number of aryl methyl sites for hydroxylation is 1. The van der Waals surface area contributed by atoms with Gasteiger partial charge < -0.3 is 10.3 Å². The van der Waals surface area contributed by atoms with Gasteiger partial charge in [-0.15, -0.1) is 0 Å². The van der Waals surface area contributed by atoms with Gasteiger partial charge in [0.15, 0.2) is 5.78 Å². The maximum Gasteiger partial charge on any atom is 0.183 e. The summed E-state index contributed by atoms with van der Waals surface area (Å²) in [5, 5.41) is 0. The zero-order valence-electron chi connectivity index (χ0n) is 8.59. The third-order valence-electron chi connectivity index (χ3n) is 2.26. The lowest BCUT2D eigenvalue weighted by molar-refractivity contribution is 0.0932. The first-order valence-corrected chi connectivity index (χ1v) is 4.41. The Balaban J connectivity index is 3.21. The zero-order chi connectivity index (χ0) is 10.2. The van der Waals surface area contributed by atoms with Crippen LogP contribution in [0.25, 0.3) is 0 Å². The summed E-state index contributed by atoms with van der Waals surface area (Å²) in [4.78, 5) is 11.7. The third kappa shape index (κ3) is 1.59. The molecule has 0 unspecified atom stereocenters. The molecule has 0 aliphatic carbocycles. The summed E-state index contributed by atoms with van der Waals surface area (Å²) in [5.41, 5.74) is 7.97. The van der Waals surface area contributed by atoms with E-state index < -0.39 is 0 Å². The van der Waals surface area contributed by atoms with Crippen LogP contribution in [0.15, 0.2) is 6.07 Å². The van der Waals surface area contributed by atoms with E-state index in [2.05, 4.69) is 0 Å². The Morgan fingerprint density at radius 2 is 2.08 bits per heavy atom. The maximum atomic E-state index is 11.7. The number of nitrogens with two attached hydrogens (primary N) is 1. The van der Waals surface area contributed by atoms with Crippen LogP contribution in [0, 0.1) is 12.8 Å². The van der Waals surface area contributed by atoms with E-state index in [-0.39, 0.29) is 11.7 Å². The molecule has 0 bridgehead atoms. The maximum absolute atomic E-state index is 11.7. The quantitative estimate of drug-likeness (QED) is 0.705. The summed E-state index contributed by atoms with van der Waals surface area (Å²) in [6, 6.07) is 1.83. The second-order valence-electron chi connectivity index (χ2n) is 3.67. The highest BCUT2D eigenvalue weighted by Gasteiger charge is 2.18. The van der Waals surface area contributed by atoms with E-state index in [0.29, 0.717) is 11.4 Å². The molecule has 72 valence electrons. The van der Waals surface area contributed by atoms with E-state index in [9.17, 15) is 4.79 Å². The van der Waals surface area contributed by atoms with Gasteiger partial charge in [-0.2, -0.15) is 0 Å². The van der Waals surface area contributed by atoms with Crippen LogP contribution in [0.3, 0.4) is 0 Å². The summed E-state index contributed by atoms with van der Waals surface area (Å²) >= 11 is 0. The van der Waals surface area contributed by atoms with Gasteiger partial charge in [-0.05, 0) is 13.0 Å². The molecule has 3 heteroatoms. The standard InChI is InChI=1S/C10H16N2O/c1-6(2)10(13)9-8(11)5-7(3)12(9)4/h5-6H,11H2,1-4H3. The van der Waals surface area contributed by atoms with Gasteiger partial charge in [-0.3, -0.25) is 4.79 Å². The number of nitrogens with zero attached hydrogens (tertiary/aromatic N) is 1. The van der Waals surface area contributed by atoms with Crippen molar-refractivity contribution in [3.05, 3.63) is 17.5 Å². The molecule has 13 heavy (non-hydrogen) atoms. The van der Waals surface area contributed by atoms with Crippen LogP contribution in [0.2, 0.25) is 0 Å². The second kappa shape index (κ2) is 3.24. The van der Waals surface area contributed by atoms with Gasteiger partial charge in [0.2, 0.25) is 0 Å². The van der Waals surface area contributed by atoms with Gasteiger partial charge in [0, 0.05) is 18.7 Å². The minimum atomic E-state index is -0.00435. The molecular formula is C10H16N2O. The molecule has 1 aromatic rings. The van der Waals surface area contributed by atoms with E-state index in [4.69, 9.17) is 5.73 Å². The molecule has 0 aliphatic heterocycles. The predicted molar refractivity (Wildman–Crippen MR) is 53.7 cm³/mol. The van der Waals surface area contributed by atoms with Crippen molar-refractivity contribution < 1.29 is 4.79 Å². The lowest BCUT2D eigenvalue weighted by Gasteiger charge is -2.07. The molecule has 0 radical (unpaired) electrons. The summed E-state index contributed by atoms with van der Waals surface area (Å²) in [6.07, 6.45) is 0. The Labute approximate surface area is 78.5 Å². The molecule has 0 aliphatic rings. The van der Waals surface area contributed by atoms with Crippen molar-refractivity contribution in [1.82, 2.24) is 4.57 Å².